The van der Waals surface area contributed by atoms with Crippen LogP contribution >= 0.6 is 0 Å². The molecule has 0 saturated heterocycles. The standard InChI is InChI=1S/C11H15NO3/c1-8(2)7-15-11-5-4-10(12(13)14)6-9(11)3/h4-6,8H,7H2,1-3H3. The van der Waals surface area contributed by atoms with E-state index in [0.29, 0.717) is 18.3 Å². The second-order valence-corrected chi connectivity index (χ2v) is 3.91. The lowest BCUT2D eigenvalue weighted by atomic mass is 10.2. The van der Waals surface area contributed by atoms with Crippen molar-refractivity contribution in [3.8, 4) is 5.75 Å². The highest BCUT2D eigenvalue weighted by molar-refractivity contribution is 5.42. The summed E-state index contributed by atoms with van der Waals surface area (Å²) in [4.78, 5) is 10.1. The fourth-order valence-corrected chi connectivity index (χ4v) is 1.17. The van der Waals surface area contributed by atoms with Crippen LogP contribution in [0.3, 0.4) is 0 Å². The summed E-state index contributed by atoms with van der Waals surface area (Å²) in [6.45, 7) is 6.54. The van der Waals surface area contributed by atoms with Crippen LogP contribution in [0.1, 0.15) is 19.4 Å². The normalized spacial score (nSPS) is 10.4. The average Bonchev–Trinajstić information content (AvgIpc) is 2.15. The summed E-state index contributed by atoms with van der Waals surface area (Å²) in [6, 6.07) is 4.63. The number of hydrogen-bond donors (Lipinski definition) is 0. The molecule has 0 atom stereocenters. The summed E-state index contributed by atoms with van der Waals surface area (Å²) >= 11 is 0. The average molecular weight is 209 g/mol. The van der Waals surface area contributed by atoms with Crippen molar-refractivity contribution in [1.29, 1.82) is 0 Å². The molecule has 1 rings (SSSR count). The van der Waals surface area contributed by atoms with E-state index in [4.69, 9.17) is 4.74 Å². The summed E-state index contributed by atoms with van der Waals surface area (Å²) in [7, 11) is 0. The Balaban J connectivity index is 2.79. The Morgan fingerprint density at radius 3 is 2.60 bits per heavy atom. The number of ether oxygens (including phenoxy) is 1. The smallest absolute Gasteiger partial charge is 0.269 e. The van der Waals surface area contributed by atoms with Gasteiger partial charge in [0.05, 0.1) is 11.5 Å². The lowest BCUT2D eigenvalue weighted by molar-refractivity contribution is -0.384. The van der Waals surface area contributed by atoms with Crippen molar-refractivity contribution < 1.29 is 9.66 Å². The van der Waals surface area contributed by atoms with Gasteiger partial charge in [0.15, 0.2) is 0 Å². The molecule has 0 amide bonds. The van der Waals surface area contributed by atoms with Crippen LogP contribution in [0.2, 0.25) is 0 Å². The highest BCUT2D eigenvalue weighted by Crippen LogP contribution is 2.23. The Labute approximate surface area is 89.0 Å². The van der Waals surface area contributed by atoms with E-state index in [-0.39, 0.29) is 5.69 Å². The van der Waals surface area contributed by atoms with Crippen LogP contribution in [-0.4, -0.2) is 11.5 Å². The number of hydrogen-bond acceptors (Lipinski definition) is 3. The summed E-state index contributed by atoms with van der Waals surface area (Å²) in [5.74, 6) is 1.16. The Bertz CT molecular complexity index is 361. The monoisotopic (exact) mass is 209 g/mol. The first-order valence-electron chi connectivity index (χ1n) is 4.88. The number of rotatable bonds is 4. The van der Waals surface area contributed by atoms with Crippen LogP contribution in [0.4, 0.5) is 5.69 Å². The molecule has 1 aromatic carbocycles. The first-order valence-corrected chi connectivity index (χ1v) is 4.88. The van der Waals surface area contributed by atoms with Crippen LogP contribution in [0.25, 0.3) is 0 Å². The lowest BCUT2D eigenvalue weighted by Gasteiger charge is -2.10. The molecule has 0 aliphatic rings. The third-order valence-corrected chi connectivity index (χ3v) is 1.94. The van der Waals surface area contributed by atoms with Gasteiger partial charge in [-0.3, -0.25) is 10.1 Å². The van der Waals surface area contributed by atoms with Gasteiger partial charge < -0.3 is 4.74 Å². The van der Waals surface area contributed by atoms with Crippen LogP contribution in [-0.2, 0) is 0 Å². The molecule has 1 aromatic rings. The van der Waals surface area contributed by atoms with E-state index < -0.39 is 4.92 Å². The number of aryl methyl sites for hydroxylation is 1. The Morgan fingerprint density at radius 1 is 1.47 bits per heavy atom. The molecule has 0 unspecified atom stereocenters. The number of non-ortho nitro benzene ring substituents is 1. The van der Waals surface area contributed by atoms with Gasteiger partial charge >= 0.3 is 0 Å². The SMILES string of the molecule is Cc1cc([N+](=O)[O-])ccc1OCC(C)C. The number of nitrogens with zero attached hydrogens (tertiary/aromatic N) is 1. The Morgan fingerprint density at radius 2 is 2.13 bits per heavy atom. The van der Waals surface area contributed by atoms with Gasteiger partial charge in [-0.15, -0.1) is 0 Å². The van der Waals surface area contributed by atoms with E-state index in [9.17, 15) is 10.1 Å². The zero-order valence-electron chi connectivity index (χ0n) is 9.19. The maximum absolute atomic E-state index is 10.5. The second-order valence-electron chi connectivity index (χ2n) is 3.91. The molecule has 0 heterocycles. The zero-order valence-corrected chi connectivity index (χ0v) is 9.19. The van der Waals surface area contributed by atoms with Crippen LogP contribution < -0.4 is 4.74 Å². The van der Waals surface area contributed by atoms with Crippen LogP contribution in [0, 0.1) is 23.0 Å². The van der Waals surface area contributed by atoms with Crippen LogP contribution in [0.15, 0.2) is 18.2 Å². The van der Waals surface area contributed by atoms with E-state index in [1.165, 1.54) is 12.1 Å². The molecule has 0 aliphatic heterocycles. The van der Waals surface area contributed by atoms with Crippen molar-refractivity contribution in [2.45, 2.75) is 20.8 Å². The molecule has 4 heteroatoms. The number of nitro benzene ring substituents is 1. The zero-order chi connectivity index (χ0) is 11.4. The molecule has 15 heavy (non-hydrogen) atoms. The van der Waals surface area contributed by atoms with Gasteiger partial charge in [0.1, 0.15) is 5.75 Å². The second kappa shape index (κ2) is 4.77. The number of benzene rings is 1. The molecule has 0 radical (unpaired) electrons. The van der Waals surface area contributed by atoms with E-state index in [1.807, 2.05) is 6.92 Å². The molecule has 0 aliphatic carbocycles. The minimum atomic E-state index is -0.404. The van der Waals surface area contributed by atoms with Crippen molar-refractivity contribution in [3.63, 3.8) is 0 Å². The predicted molar refractivity (Wildman–Crippen MR) is 58.2 cm³/mol. The lowest BCUT2D eigenvalue weighted by Crippen LogP contribution is -2.05. The van der Waals surface area contributed by atoms with Crippen molar-refractivity contribution in [2.75, 3.05) is 6.61 Å². The first-order chi connectivity index (χ1) is 7.00. The van der Waals surface area contributed by atoms with Gasteiger partial charge in [0.25, 0.3) is 5.69 Å². The van der Waals surface area contributed by atoms with E-state index >= 15 is 0 Å². The highest BCUT2D eigenvalue weighted by Gasteiger charge is 2.08. The fraction of sp³-hybridized carbons (Fsp3) is 0.455. The molecule has 0 N–H and O–H groups in total. The maximum Gasteiger partial charge on any atom is 0.269 e. The van der Waals surface area contributed by atoms with Gasteiger partial charge in [-0.2, -0.15) is 0 Å². The van der Waals surface area contributed by atoms with Crippen LogP contribution in [0.5, 0.6) is 5.75 Å². The minimum absolute atomic E-state index is 0.101. The van der Waals surface area contributed by atoms with Gasteiger partial charge in [0, 0.05) is 12.1 Å². The molecule has 0 spiro atoms. The van der Waals surface area contributed by atoms with Gasteiger partial charge in [-0.25, -0.2) is 0 Å². The summed E-state index contributed by atoms with van der Waals surface area (Å²) in [5.41, 5.74) is 0.897. The van der Waals surface area contributed by atoms with Crippen molar-refractivity contribution in [1.82, 2.24) is 0 Å². The van der Waals surface area contributed by atoms with E-state index in [0.717, 1.165) is 5.56 Å². The Hall–Kier alpha value is -1.58. The van der Waals surface area contributed by atoms with Crippen molar-refractivity contribution >= 4 is 5.69 Å². The Kier molecular flexibility index (Phi) is 3.66. The molecular formula is C11H15NO3. The molecule has 4 nitrogen and oxygen atoms in total. The fourth-order valence-electron chi connectivity index (χ4n) is 1.17. The summed E-state index contributed by atoms with van der Waals surface area (Å²) in [6.07, 6.45) is 0. The quantitative estimate of drug-likeness (QED) is 0.566. The first kappa shape index (κ1) is 11.5. The van der Waals surface area contributed by atoms with Crippen molar-refractivity contribution in [3.05, 3.63) is 33.9 Å². The van der Waals surface area contributed by atoms with Gasteiger partial charge in [0.2, 0.25) is 0 Å². The summed E-state index contributed by atoms with van der Waals surface area (Å²) < 4.78 is 5.51. The third kappa shape index (κ3) is 3.23. The molecule has 0 aromatic heterocycles. The topological polar surface area (TPSA) is 52.4 Å². The van der Waals surface area contributed by atoms with Gasteiger partial charge in [-0.1, -0.05) is 13.8 Å². The molecule has 0 saturated carbocycles. The molecule has 0 fully saturated rings. The molecular weight excluding hydrogens is 194 g/mol. The van der Waals surface area contributed by atoms with Gasteiger partial charge in [-0.05, 0) is 24.5 Å². The largest absolute Gasteiger partial charge is 0.493 e. The maximum atomic E-state index is 10.5. The number of nitro groups is 1. The van der Waals surface area contributed by atoms with Crippen molar-refractivity contribution in [2.24, 2.45) is 5.92 Å². The van der Waals surface area contributed by atoms with E-state index in [2.05, 4.69) is 13.8 Å². The minimum Gasteiger partial charge on any atom is -0.493 e. The predicted octanol–water partition coefficient (Wildman–Crippen LogP) is 2.94. The summed E-state index contributed by atoms with van der Waals surface area (Å²) in [5, 5.41) is 10.5. The molecule has 0 bridgehead atoms. The third-order valence-electron chi connectivity index (χ3n) is 1.94. The van der Waals surface area contributed by atoms with E-state index in [1.54, 1.807) is 6.07 Å². The highest BCUT2D eigenvalue weighted by atomic mass is 16.6. The molecule has 82 valence electrons.